The lowest BCUT2D eigenvalue weighted by atomic mass is 9.90. The number of hydrogen-bond acceptors (Lipinski definition) is 6. The van der Waals surface area contributed by atoms with E-state index in [1.807, 2.05) is 0 Å². The molecule has 2 aliphatic heterocycles. The number of amides is 1. The maximum absolute atomic E-state index is 14.0. The van der Waals surface area contributed by atoms with Gasteiger partial charge in [-0.05, 0) is 36.8 Å². The first-order valence-corrected chi connectivity index (χ1v) is 10.4. The number of hydrogen-bond donors (Lipinski definition) is 2. The van der Waals surface area contributed by atoms with E-state index in [2.05, 4.69) is 0 Å². The van der Waals surface area contributed by atoms with E-state index in [0.717, 1.165) is 0 Å². The van der Waals surface area contributed by atoms with E-state index >= 15 is 0 Å². The van der Waals surface area contributed by atoms with Crippen molar-refractivity contribution in [1.29, 1.82) is 0 Å². The van der Waals surface area contributed by atoms with E-state index in [1.165, 1.54) is 10.4 Å². The van der Waals surface area contributed by atoms with Crippen molar-refractivity contribution in [2.24, 2.45) is 5.92 Å². The monoisotopic (exact) mass is 402 g/mol. The number of rotatable bonds is 4. The van der Waals surface area contributed by atoms with Crippen LogP contribution in [0.25, 0.3) is 0 Å². The van der Waals surface area contributed by atoms with Crippen LogP contribution in [0.1, 0.15) is 30.7 Å². The maximum atomic E-state index is 14.0. The van der Waals surface area contributed by atoms with Crippen LogP contribution in [0.5, 0.6) is 0 Å². The fraction of sp³-hybridized carbons (Fsp3) is 0.588. The highest BCUT2D eigenvalue weighted by atomic mass is 32.2. The van der Waals surface area contributed by atoms with Gasteiger partial charge in [-0.3, -0.25) is 15.2 Å². The molecule has 8 nitrogen and oxygen atoms in total. The zero-order chi connectivity index (χ0) is 19.6. The number of carbonyl (C=O) groups excluding carboxylic acids is 1. The Hall–Kier alpha value is -1.59. The van der Waals surface area contributed by atoms with Gasteiger partial charge in [0.15, 0.2) is 0 Å². The van der Waals surface area contributed by atoms with Crippen LogP contribution < -0.4 is 0 Å². The topological polar surface area (TPSA) is 107 Å². The number of halogens is 1. The minimum atomic E-state index is -3.84. The molecule has 27 heavy (non-hydrogen) atoms. The highest BCUT2D eigenvalue weighted by Crippen LogP contribution is 2.33. The van der Waals surface area contributed by atoms with Crippen molar-refractivity contribution in [3.8, 4) is 0 Å². The van der Waals surface area contributed by atoms with Gasteiger partial charge in [-0.15, -0.1) is 0 Å². The van der Waals surface area contributed by atoms with Gasteiger partial charge in [-0.25, -0.2) is 17.1 Å². The van der Waals surface area contributed by atoms with Crippen LogP contribution in [0.15, 0.2) is 24.3 Å². The van der Waals surface area contributed by atoms with Crippen molar-refractivity contribution in [2.45, 2.75) is 30.4 Å². The zero-order valence-electron chi connectivity index (χ0n) is 14.7. The average Bonchev–Trinajstić information content (AvgIpc) is 2.68. The second kappa shape index (κ2) is 8.19. The van der Waals surface area contributed by atoms with Crippen molar-refractivity contribution < 1.29 is 32.8 Å². The number of ether oxygens (including phenoxy) is 1. The molecule has 0 radical (unpaired) electrons. The van der Waals surface area contributed by atoms with Crippen LogP contribution in [-0.4, -0.2) is 65.8 Å². The lowest BCUT2D eigenvalue weighted by molar-refractivity contribution is -0.289. The summed E-state index contributed by atoms with van der Waals surface area (Å²) in [5, 5.41) is 16.3. The molecular formula is C17H23FN2O6S. The number of nitrogens with zero attached hydrogens (tertiary/aromatic N) is 2. The first kappa shape index (κ1) is 20.2. The third kappa shape index (κ3) is 4.14. The molecule has 2 aliphatic rings. The molecule has 2 heterocycles. The quantitative estimate of drug-likeness (QED) is 0.582. The zero-order valence-corrected chi connectivity index (χ0v) is 15.5. The molecule has 2 N–H and O–H groups in total. The standard InChI is InChI=1S/C17H23FN2O6S/c18-15-4-2-1-3-13(15)12-5-8-19(9-6-12)27(24,25)16-7-10-26-11-14(16)17(21)20(22)23/h1-4,12,14,16,22-23H,5-11H2. The number of carbonyl (C=O) groups is 1. The summed E-state index contributed by atoms with van der Waals surface area (Å²) >= 11 is 0. The number of sulfonamides is 1. The third-order valence-corrected chi connectivity index (χ3v) is 7.76. The minimum Gasteiger partial charge on any atom is -0.381 e. The summed E-state index contributed by atoms with van der Waals surface area (Å²) in [7, 11) is -3.84. The third-order valence-electron chi connectivity index (χ3n) is 5.35. The number of benzene rings is 1. The first-order chi connectivity index (χ1) is 12.8. The van der Waals surface area contributed by atoms with Gasteiger partial charge >= 0.3 is 0 Å². The fourth-order valence-electron chi connectivity index (χ4n) is 3.87. The fourth-order valence-corrected chi connectivity index (χ4v) is 5.98. The molecule has 0 spiro atoms. The van der Waals surface area contributed by atoms with Crippen LogP contribution in [0.4, 0.5) is 4.39 Å². The molecule has 1 aromatic carbocycles. The van der Waals surface area contributed by atoms with Crippen LogP contribution in [0.2, 0.25) is 0 Å². The second-order valence-corrected chi connectivity index (χ2v) is 9.03. The van der Waals surface area contributed by atoms with Crippen LogP contribution >= 0.6 is 0 Å². The van der Waals surface area contributed by atoms with E-state index < -0.39 is 32.3 Å². The molecule has 0 saturated carbocycles. The number of hydroxylamine groups is 2. The van der Waals surface area contributed by atoms with E-state index in [-0.39, 0.29) is 44.5 Å². The van der Waals surface area contributed by atoms with Crippen LogP contribution in [0, 0.1) is 11.7 Å². The molecule has 0 aromatic heterocycles. The molecule has 3 rings (SSSR count). The van der Waals surface area contributed by atoms with Gasteiger partial charge in [0, 0.05) is 19.7 Å². The Morgan fingerprint density at radius 2 is 1.85 bits per heavy atom. The Labute approximate surface area is 157 Å². The summed E-state index contributed by atoms with van der Waals surface area (Å²) in [4.78, 5) is 11.9. The van der Waals surface area contributed by atoms with Crippen LogP contribution in [0.3, 0.4) is 0 Å². The first-order valence-electron chi connectivity index (χ1n) is 8.85. The van der Waals surface area contributed by atoms with E-state index in [4.69, 9.17) is 15.2 Å². The summed E-state index contributed by atoms with van der Waals surface area (Å²) < 4.78 is 46.6. The second-order valence-electron chi connectivity index (χ2n) is 6.88. The molecular weight excluding hydrogens is 379 g/mol. The molecule has 1 aromatic rings. The largest absolute Gasteiger partial charge is 0.381 e. The maximum Gasteiger partial charge on any atom is 0.279 e. The molecule has 0 bridgehead atoms. The summed E-state index contributed by atoms with van der Waals surface area (Å²) in [5.74, 6) is -2.64. The Morgan fingerprint density at radius 1 is 1.19 bits per heavy atom. The van der Waals surface area contributed by atoms with Crippen LogP contribution in [-0.2, 0) is 19.6 Å². The van der Waals surface area contributed by atoms with Crippen molar-refractivity contribution in [2.75, 3.05) is 26.3 Å². The highest BCUT2D eigenvalue weighted by molar-refractivity contribution is 7.89. The van der Waals surface area contributed by atoms with E-state index in [1.54, 1.807) is 18.2 Å². The van der Waals surface area contributed by atoms with Gasteiger partial charge in [-0.2, -0.15) is 0 Å². The van der Waals surface area contributed by atoms with Gasteiger partial charge < -0.3 is 4.74 Å². The van der Waals surface area contributed by atoms with Gasteiger partial charge in [0.2, 0.25) is 10.0 Å². The normalized spacial score (nSPS) is 25.3. The van der Waals surface area contributed by atoms with Crippen molar-refractivity contribution >= 4 is 15.9 Å². The van der Waals surface area contributed by atoms with Crippen molar-refractivity contribution in [3.05, 3.63) is 35.6 Å². The molecule has 2 unspecified atom stereocenters. The number of piperidine rings is 1. The lowest BCUT2D eigenvalue weighted by Crippen LogP contribution is -2.52. The predicted molar refractivity (Wildman–Crippen MR) is 92.0 cm³/mol. The Kier molecular flexibility index (Phi) is 6.11. The predicted octanol–water partition coefficient (Wildman–Crippen LogP) is 1.35. The lowest BCUT2D eigenvalue weighted by Gasteiger charge is -2.37. The summed E-state index contributed by atoms with van der Waals surface area (Å²) in [5.41, 5.74) is 0.588. The molecule has 2 saturated heterocycles. The average molecular weight is 402 g/mol. The molecule has 10 heteroatoms. The van der Waals surface area contributed by atoms with E-state index in [9.17, 15) is 17.6 Å². The molecule has 1 amide bonds. The SMILES string of the molecule is O=C(C1COCCC1S(=O)(=O)N1CCC(c2ccccc2F)CC1)N(O)O. The van der Waals surface area contributed by atoms with Crippen molar-refractivity contribution in [1.82, 2.24) is 9.53 Å². The molecule has 2 fully saturated rings. The minimum absolute atomic E-state index is 0.0601. The molecule has 0 aliphatic carbocycles. The van der Waals surface area contributed by atoms with Gasteiger partial charge in [0.1, 0.15) is 5.82 Å². The van der Waals surface area contributed by atoms with Gasteiger partial charge in [-0.1, -0.05) is 23.4 Å². The molecule has 150 valence electrons. The van der Waals surface area contributed by atoms with Gasteiger partial charge in [0.25, 0.3) is 5.91 Å². The van der Waals surface area contributed by atoms with E-state index in [0.29, 0.717) is 18.4 Å². The Morgan fingerprint density at radius 3 is 2.48 bits per heavy atom. The summed E-state index contributed by atoms with van der Waals surface area (Å²) in [6, 6.07) is 6.49. The van der Waals surface area contributed by atoms with Crippen molar-refractivity contribution in [3.63, 3.8) is 0 Å². The summed E-state index contributed by atoms with van der Waals surface area (Å²) in [6.45, 7) is 0.436. The highest BCUT2D eigenvalue weighted by Gasteiger charge is 2.45. The van der Waals surface area contributed by atoms with Gasteiger partial charge in [0.05, 0.1) is 17.8 Å². The molecule has 2 atom stereocenters. The smallest absolute Gasteiger partial charge is 0.279 e. The Balaban J connectivity index is 1.72. The Bertz CT molecular complexity index is 779. The summed E-state index contributed by atoms with van der Waals surface area (Å²) in [6.07, 6.45) is 1.06.